The summed E-state index contributed by atoms with van der Waals surface area (Å²) in [5.74, 6) is 0. The van der Waals surface area contributed by atoms with Gasteiger partial charge in [-0.15, -0.1) is 11.3 Å². The van der Waals surface area contributed by atoms with Crippen LogP contribution in [0, 0.1) is 0 Å². The molecule has 12 aromatic rings. The molecule has 0 spiro atoms. The van der Waals surface area contributed by atoms with E-state index in [0.717, 1.165) is 32.1 Å². The van der Waals surface area contributed by atoms with Gasteiger partial charge < -0.3 is 9.13 Å². The number of fused-ring (bicyclic) bond motifs is 10. The van der Waals surface area contributed by atoms with E-state index >= 15 is 0 Å². The third kappa shape index (κ3) is 4.70. The van der Waals surface area contributed by atoms with Crippen molar-refractivity contribution in [1.82, 2.24) is 9.13 Å². The van der Waals surface area contributed by atoms with Crippen molar-refractivity contribution in [3.8, 4) is 11.4 Å². The number of thiophene rings is 1. The summed E-state index contributed by atoms with van der Waals surface area (Å²) in [6.07, 6.45) is 0. The van der Waals surface area contributed by atoms with Crippen molar-refractivity contribution in [3.05, 3.63) is 218 Å². The van der Waals surface area contributed by atoms with E-state index in [1.807, 2.05) is 72.8 Å². The summed E-state index contributed by atoms with van der Waals surface area (Å²) in [6.45, 7) is 0. The van der Waals surface area contributed by atoms with Gasteiger partial charge in [-0.2, -0.15) is 0 Å². The SMILES string of the molecule is [2H]c1c([2H])c([2H])c2c(sc3c(-n4c5c([2H])c([2H])c([2H])c([2H])c5c5c([2H])c([2H])c([2H])c([2H])c54)c([2H])c4c5c([2H])c([2H])c([2H])c([2H])c5n(-c5cccc([Si](c6ccccc6)(c6ccccc6)c6ccccc6)c5)c4c32)c1[2H]. The molecule has 0 amide bonds. The lowest BCUT2D eigenvalue weighted by molar-refractivity contribution is 1.18. The van der Waals surface area contributed by atoms with Crippen molar-refractivity contribution in [2.45, 2.75) is 0 Å². The molecular weight excluding hydrogens is 737 g/mol. The lowest BCUT2D eigenvalue weighted by atomic mass is 10.1. The summed E-state index contributed by atoms with van der Waals surface area (Å²) in [7, 11) is -3.31. The fourth-order valence-corrected chi connectivity index (χ4v) is 14.6. The lowest BCUT2D eigenvalue weighted by Gasteiger charge is -2.34. The van der Waals surface area contributed by atoms with Crippen molar-refractivity contribution in [1.29, 1.82) is 0 Å². The second-order valence-corrected chi connectivity index (χ2v) is 18.8. The highest BCUT2D eigenvalue weighted by Gasteiger charge is 2.41. The quantitative estimate of drug-likeness (QED) is 0.117. The molecule has 4 heteroatoms. The normalized spacial score (nSPS) is 16.2. The summed E-state index contributed by atoms with van der Waals surface area (Å²) < 4.78 is 160. The van der Waals surface area contributed by atoms with E-state index in [2.05, 4.69) is 36.4 Å². The van der Waals surface area contributed by atoms with Gasteiger partial charge in [0.15, 0.2) is 8.07 Å². The van der Waals surface area contributed by atoms with E-state index in [-0.39, 0.29) is 69.5 Å². The Labute approximate surface area is 365 Å². The van der Waals surface area contributed by atoms with Crippen LogP contribution in [0.1, 0.15) is 23.3 Å². The zero-order chi connectivity index (χ0) is 53.0. The average Bonchev–Trinajstić information content (AvgIpc) is 4.13. The van der Waals surface area contributed by atoms with Crippen LogP contribution in [0.4, 0.5) is 0 Å². The van der Waals surface area contributed by atoms with Crippen LogP contribution in [0.15, 0.2) is 218 Å². The van der Waals surface area contributed by atoms with Crippen LogP contribution in [0.25, 0.3) is 75.2 Å². The van der Waals surface area contributed by atoms with E-state index < -0.39 is 111 Å². The first kappa shape index (κ1) is 20.4. The van der Waals surface area contributed by atoms with Gasteiger partial charge >= 0.3 is 0 Å². The van der Waals surface area contributed by atoms with Crippen molar-refractivity contribution in [2.24, 2.45) is 0 Å². The molecular formula is C54H36N2SSi. The Morgan fingerprint density at radius 1 is 0.431 bits per heavy atom. The highest BCUT2D eigenvalue weighted by Crippen LogP contribution is 2.47. The van der Waals surface area contributed by atoms with E-state index in [1.165, 1.54) is 4.57 Å². The molecule has 58 heavy (non-hydrogen) atoms. The number of nitrogens with zero attached hydrogens (tertiary/aromatic N) is 2. The zero-order valence-electron chi connectivity index (χ0n) is 47.3. The first-order valence-corrected chi connectivity index (χ1v) is 21.4. The minimum Gasteiger partial charge on any atom is -0.309 e. The first-order valence-electron chi connectivity index (χ1n) is 27.1. The number of aromatic nitrogens is 2. The number of hydrogen-bond acceptors (Lipinski definition) is 1. The molecule has 0 N–H and O–H groups in total. The molecule has 0 aliphatic heterocycles. The van der Waals surface area contributed by atoms with E-state index in [9.17, 15) is 9.60 Å². The number of benzene rings is 9. The van der Waals surface area contributed by atoms with Crippen LogP contribution in [-0.2, 0) is 0 Å². The van der Waals surface area contributed by atoms with Crippen LogP contribution < -0.4 is 20.7 Å². The predicted molar refractivity (Wildman–Crippen MR) is 252 cm³/mol. The molecule has 9 aromatic carbocycles. The topological polar surface area (TPSA) is 9.86 Å². The lowest BCUT2D eigenvalue weighted by Crippen LogP contribution is -2.74. The smallest absolute Gasteiger partial charge is 0.179 e. The maximum atomic E-state index is 10.6. The standard InChI is InChI=1S/C54H36N2SSi/c1-4-20-38(21-5-1)58(39-22-6-2-7-23-39,40-24-8-3-9-25-40)41-26-18-19-37(35-41)55-47-31-14-12-29-44(47)46-36-50(54-52(53(46)55)45-30-13-17-34-51(45)57-54)56-48-32-15-10-27-42(48)43-28-11-16-33-49(43)56/h1-36H/i10D,11D,12D,13D,14D,15D,16D,17D,27D,28D,29D,30D,31D,32D,33D,34D,36D. The largest absolute Gasteiger partial charge is 0.309 e. The van der Waals surface area contributed by atoms with Crippen molar-refractivity contribution >= 4 is 104 Å². The van der Waals surface area contributed by atoms with Crippen molar-refractivity contribution in [2.75, 3.05) is 0 Å². The Bertz CT molecular complexity index is 4330. The van der Waals surface area contributed by atoms with Crippen molar-refractivity contribution < 1.29 is 23.3 Å². The van der Waals surface area contributed by atoms with Crippen LogP contribution >= 0.6 is 11.3 Å². The highest BCUT2D eigenvalue weighted by molar-refractivity contribution is 7.26. The molecule has 0 fully saturated rings. The highest BCUT2D eigenvalue weighted by atomic mass is 32.1. The third-order valence-electron chi connectivity index (χ3n) is 11.0. The molecule has 3 aromatic heterocycles. The van der Waals surface area contributed by atoms with Gasteiger partial charge in [0.05, 0.1) is 55.8 Å². The molecule has 0 saturated heterocycles. The maximum absolute atomic E-state index is 10.6. The molecule has 0 atom stereocenters. The van der Waals surface area contributed by atoms with Gasteiger partial charge in [0.1, 0.15) is 0 Å². The van der Waals surface area contributed by atoms with Gasteiger partial charge in [0.25, 0.3) is 0 Å². The molecule has 272 valence electrons. The molecule has 2 nitrogen and oxygen atoms in total. The molecule has 0 aliphatic rings. The minimum atomic E-state index is -3.31. The van der Waals surface area contributed by atoms with Crippen LogP contribution in [0.5, 0.6) is 0 Å². The average molecular weight is 790 g/mol. The Hall–Kier alpha value is -6.98. The second kappa shape index (κ2) is 13.0. The first-order chi connectivity index (χ1) is 35.9. The summed E-state index contributed by atoms with van der Waals surface area (Å²) in [5.41, 5.74) is -0.503. The number of hydrogen-bond donors (Lipinski definition) is 0. The van der Waals surface area contributed by atoms with Gasteiger partial charge in [-0.3, -0.25) is 0 Å². The van der Waals surface area contributed by atoms with Gasteiger partial charge in [-0.1, -0.05) is 176 Å². The second-order valence-electron chi connectivity index (χ2n) is 13.9. The summed E-state index contributed by atoms with van der Waals surface area (Å²) >= 11 is 0.849. The fourth-order valence-electron chi connectivity index (χ4n) is 8.75. The Kier molecular flexibility index (Phi) is 4.59. The minimum absolute atomic E-state index is 0.0162. The third-order valence-corrected chi connectivity index (χ3v) is 16.9. The zero-order valence-corrected chi connectivity index (χ0v) is 32.1. The Morgan fingerprint density at radius 3 is 1.47 bits per heavy atom. The monoisotopic (exact) mass is 789 g/mol. The van der Waals surface area contributed by atoms with Crippen LogP contribution in [0.2, 0.25) is 0 Å². The number of para-hydroxylation sites is 3. The van der Waals surface area contributed by atoms with Gasteiger partial charge in [-0.25, -0.2) is 0 Å². The maximum Gasteiger partial charge on any atom is 0.179 e. The summed E-state index contributed by atoms with van der Waals surface area (Å²) in [6, 6.07) is 27.7. The van der Waals surface area contributed by atoms with E-state index in [4.69, 9.17) is 13.7 Å². The summed E-state index contributed by atoms with van der Waals surface area (Å²) in [5, 5.41) is 3.19. The summed E-state index contributed by atoms with van der Waals surface area (Å²) in [4.78, 5) is 0. The predicted octanol–water partition coefficient (Wildman–Crippen LogP) is 11.6. The van der Waals surface area contributed by atoms with E-state index in [1.54, 1.807) is 10.6 Å². The molecule has 0 aliphatic carbocycles. The molecule has 12 rings (SSSR count). The van der Waals surface area contributed by atoms with Crippen LogP contribution in [0.3, 0.4) is 0 Å². The van der Waals surface area contributed by atoms with E-state index in [0.29, 0.717) is 5.69 Å². The van der Waals surface area contributed by atoms with Gasteiger partial charge in [0.2, 0.25) is 0 Å². The molecule has 3 heterocycles. The fraction of sp³-hybridized carbons (Fsp3) is 0. The Balaban J connectivity index is 1.37. The number of rotatable bonds is 6. The molecule has 0 unspecified atom stereocenters. The Morgan fingerprint density at radius 2 is 0.897 bits per heavy atom. The molecule has 0 radical (unpaired) electrons. The van der Waals surface area contributed by atoms with Crippen molar-refractivity contribution in [3.63, 3.8) is 0 Å². The van der Waals surface area contributed by atoms with Gasteiger partial charge in [-0.05, 0) is 63.1 Å². The van der Waals surface area contributed by atoms with Crippen LogP contribution in [-0.4, -0.2) is 17.2 Å². The molecule has 0 saturated carbocycles. The molecule has 0 bridgehead atoms. The van der Waals surface area contributed by atoms with Gasteiger partial charge in [0, 0.05) is 42.7 Å².